The molecule has 0 aliphatic rings. The first-order chi connectivity index (χ1) is 18.0. The molecule has 0 spiro atoms. The predicted octanol–water partition coefficient (Wildman–Crippen LogP) is 7.83. The minimum atomic E-state index is -1.03. The van der Waals surface area contributed by atoms with Gasteiger partial charge >= 0.3 is 11.9 Å². The molecule has 0 fully saturated rings. The van der Waals surface area contributed by atoms with E-state index in [4.69, 9.17) is 9.84 Å². The normalized spacial score (nSPS) is 12.5. The Hall–Kier alpha value is -2.37. The summed E-state index contributed by atoms with van der Waals surface area (Å²) in [6.07, 6.45) is 29.9. The first-order valence-electron chi connectivity index (χ1n) is 14.6. The van der Waals surface area contributed by atoms with E-state index >= 15 is 0 Å². The van der Waals surface area contributed by atoms with Crippen LogP contribution in [0.2, 0.25) is 0 Å². The van der Waals surface area contributed by atoms with Crippen LogP contribution in [0.15, 0.2) is 36.5 Å². The number of aliphatic carboxylic acids is 1. The number of carbonyl (C=O) groups is 3. The van der Waals surface area contributed by atoms with E-state index in [9.17, 15) is 14.4 Å². The van der Waals surface area contributed by atoms with Crippen molar-refractivity contribution in [3.05, 3.63) is 36.5 Å². The molecule has 0 saturated carbocycles. The Balaban J connectivity index is 4.33. The number of esters is 1. The number of carbonyl (C=O) groups excluding carboxylic acids is 2. The van der Waals surface area contributed by atoms with E-state index in [1.165, 1.54) is 38.5 Å². The van der Waals surface area contributed by atoms with Crippen molar-refractivity contribution in [1.29, 1.82) is 0 Å². The van der Waals surface area contributed by atoms with E-state index < -0.39 is 5.97 Å². The molecule has 0 aromatic carbocycles. The monoisotopic (exact) mass is 519 g/mol. The lowest BCUT2D eigenvalue weighted by molar-refractivity contribution is -0.147. The summed E-state index contributed by atoms with van der Waals surface area (Å²) in [6.45, 7) is 4.02. The van der Waals surface area contributed by atoms with E-state index in [-0.39, 0.29) is 24.5 Å². The lowest BCUT2D eigenvalue weighted by Crippen LogP contribution is -2.28. The van der Waals surface area contributed by atoms with Gasteiger partial charge in [-0.25, -0.2) is 0 Å². The number of rotatable bonds is 25. The van der Waals surface area contributed by atoms with E-state index in [0.29, 0.717) is 12.8 Å². The maximum Gasteiger partial charge on any atom is 0.322 e. The van der Waals surface area contributed by atoms with Crippen LogP contribution in [0.5, 0.6) is 0 Å². The summed E-state index contributed by atoms with van der Waals surface area (Å²) in [4.78, 5) is 34.5. The van der Waals surface area contributed by atoms with E-state index in [1.807, 2.05) is 6.08 Å². The highest BCUT2D eigenvalue weighted by Crippen LogP contribution is 2.14. The van der Waals surface area contributed by atoms with Crippen molar-refractivity contribution in [2.75, 3.05) is 6.54 Å². The molecule has 0 aromatic heterocycles. The van der Waals surface area contributed by atoms with Gasteiger partial charge in [-0.05, 0) is 51.0 Å². The summed E-state index contributed by atoms with van der Waals surface area (Å²) >= 11 is 0. The Morgan fingerprint density at radius 1 is 0.730 bits per heavy atom. The van der Waals surface area contributed by atoms with Crippen LogP contribution in [0.4, 0.5) is 0 Å². The number of ether oxygens (including phenoxy) is 1. The van der Waals surface area contributed by atoms with Gasteiger partial charge in [0.15, 0.2) is 0 Å². The molecule has 0 aromatic rings. The second-order valence-electron chi connectivity index (χ2n) is 9.63. The van der Waals surface area contributed by atoms with Crippen LogP contribution in [0.25, 0.3) is 0 Å². The molecule has 37 heavy (non-hydrogen) atoms. The zero-order chi connectivity index (χ0) is 27.4. The fourth-order valence-electron chi connectivity index (χ4n) is 3.92. The Morgan fingerprint density at radius 2 is 1.30 bits per heavy atom. The van der Waals surface area contributed by atoms with E-state index in [2.05, 4.69) is 49.5 Å². The van der Waals surface area contributed by atoms with Crippen molar-refractivity contribution in [3.8, 4) is 0 Å². The van der Waals surface area contributed by atoms with Crippen molar-refractivity contribution in [2.24, 2.45) is 0 Å². The quantitative estimate of drug-likeness (QED) is 0.0728. The SMILES string of the molecule is CC/C=C\C/C=C\C/C=C\C(CCCCCCC(=O)NCC(=O)O)OC(=O)CCCCCCCCCC. The number of carboxylic acids is 1. The smallest absolute Gasteiger partial charge is 0.322 e. The summed E-state index contributed by atoms with van der Waals surface area (Å²) in [5.74, 6) is -1.37. The van der Waals surface area contributed by atoms with Crippen LogP contribution in [0, 0.1) is 0 Å². The molecule has 1 atom stereocenters. The van der Waals surface area contributed by atoms with Crippen molar-refractivity contribution in [1.82, 2.24) is 5.32 Å². The Bertz CT molecular complexity index is 669. The minimum absolute atomic E-state index is 0.115. The van der Waals surface area contributed by atoms with E-state index in [0.717, 1.165) is 64.2 Å². The van der Waals surface area contributed by atoms with Crippen LogP contribution in [-0.2, 0) is 19.1 Å². The zero-order valence-corrected chi connectivity index (χ0v) is 23.6. The molecule has 0 radical (unpaired) electrons. The topological polar surface area (TPSA) is 92.7 Å². The largest absolute Gasteiger partial charge is 0.480 e. The van der Waals surface area contributed by atoms with Gasteiger partial charge in [-0.2, -0.15) is 0 Å². The molecule has 2 N–H and O–H groups in total. The van der Waals surface area contributed by atoms with Gasteiger partial charge in [0.1, 0.15) is 12.6 Å². The Morgan fingerprint density at radius 3 is 1.95 bits per heavy atom. The highest BCUT2D eigenvalue weighted by molar-refractivity contribution is 5.80. The van der Waals surface area contributed by atoms with Gasteiger partial charge in [0.05, 0.1) is 0 Å². The molecule has 1 unspecified atom stereocenters. The van der Waals surface area contributed by atoms with Crippen LogP contribution in [0.1, 0.15) is 129 Å². The maximum absolute atomic E-state index is 12.4. The van der Waals surface area contributed by atoms with Gasteiger partial charge in [-0.15, -0.1) is 0 Å². The molecular weight excluding hydrogens is 466 g/mol. The van der Waals surface area contributed by atoms with Crippen LogP contribution in [-0.4, -0.2) is 35.6 Å². The summed E-state index contributed by atoms with van der Waals surface area (Å²) in [7, 11) is 0. The highest BCUT2D eigenvalue weighted by Gasteiger charge is 2.11. The van der Waals surface area contributed by atoms with E-state index in [1.54, 1.807) is 0 Å². The fourth-order valence-corrected chi connectivity index (χ4v) is 3.92. The first-order valence-corrected chi connectivity index (χ1v) is 14.6. The lowest BCUT2D eigenvalue weighted by Gasteiger charge is -2.14. The number of hydrogen-bond acceptors (Lipinski definition) is 4. The first kappa shape index (κ1) is 34.6. The van der Waals surface area contributed by atoms with Gasteiger partial charge < -0.3 is 15.2 Å². The molecule has 6 nitrogen and oxygen atoms in total. The third-order valence-electron chi connectivity index (χ3n) is 6.06. The van der Waals surface area contributed by atoms with Gasteiger partial charge in [-0.3, -0.25) is 14.4 Å². The maximum atomic E-state index is 12.4. The number of nitrogens with one attached hydrogen (secondary N) is 1. The number of amides is 1. The number of hydrogen-bond donors (Lipinski definition) is 2. The molecule has 0 rings (SSSR count). The number of unbranched alkanes of at least 4 members (excludes halogenated alkanes) is 10. The van der Waals surface area contributed by atoms with Crippen molar-refractivity contribution < 1.29 is 24.2 Å². The molecule has 0 aliphatic heterocycles. The number of allylic oxidation sites excluding steroid dienone is 5. The molecule has 0 bridgehead atoms. The summed E-state index contributed by atoms with van der Waals surface area (Å²) in [5.41, 5.74) is 0. The summed E-state index contributed by atoms with van der Waals surface area (Å²) in [6, 6.07) is 0. The molecule has 0 heterocycles. The average Bonchev–Trinajstić information content (AvgIpc) is 2.87. The van der Waals surface area contributed by atoms with Crippen LogP contribution in [0.3, 0.4) is 0 Å². The zero-order valence-electron chi connectivity index (χ0n) is 23.6. The lowest BCUT2D eigenvalue weighted by atomic mass is 10.1. The molecule has 0 saturated heterocycles. The van der Waals surface area contributed by atoms with Crippen molar-refractivity contribution in [3.63, 3.8) is 0 Å². The second kappa shape index (κ2) is 26.7. The van der Waals surface area contributed by atoms with Crippen molar-refractivity contribution >= 4 is 17.8 Å². The number of carboxylic acid groups (broad SMARTS) is 1. The van der Waals surface area contributed by atoms with Gasteiger partial charge in [0.2, 0.25) is 5.91 Å². The molecule has 212 valence electrons. The van der Waals surface area contributed by atoms with Crippen molar-refractivity contribution in [2.45, 2.75) is 136 Å². The predicted molar refractivity (Wildman–Crippen MR) is 152 cm³/mol. The molecule has 6 heteroatoms. The van der Waals surface area contributed by atoms with Crippen LogP contribution < -0.4 is 5.32 Å². The standard InChI is InChI=1S/C31H53NO5/c1-3-5-7-9-11-13-15-19-23-28(24-20-17-18-21-25-29(33)32-27-30(34)35)37-31(36)26-22-16-14-12-10-8-6-4-2/h5,7,11,13,19,23,28H,3-4,6,8-10,12,14-18,20-22,24-27H2,1-2H3,(H,32,33)(H,34,35)/b7-5-,13-11-,23-19-. The van der Waals surface area contributed by atoms with Gasteiger partial charge in [0, 0.05) is 12.8 Å². The minimum Gasteiger partial charge on any atom is -0.480 e. The third kappa shape index (κ3) is 26.5. The molecular formula is C31H53NO5. The summed E-state index contributed by atoms with van der Waals surface area (Å²) < 4.78 is 5.79. The van der Waals surface area contributed by atoms with Gasteiger partial charge in [0.25, 0.3) is 0 Å². The van der Waals surface area contributed by atoms with Crippen LogP contribution >= 0.6 is 0 Å². The van der Waals surface area contributed by atoms with Gasteiger partial charge in [-0.1, -0.05) is 102 Å². The Kier molecular flexibility index (Phi) is 25.0. The molecule has 0 aliphatic carbocycles. The Labute approximate surface area is 226 Å². The second-order valence-corrected chi connectivity index (χ2v) is 9.63. The summed E-state index contributed by atoms with van der Waals surface area (Å²) in [5, 5.41) is 11.0. The average molecular weight is 520 g/mol. The third-order valence-corrected chi connectivity index (χ3v) is 6.06. The fraction of sp³-hybridized carbons (Fsp3) is 0.710. The molecule has 1 amide bonds. The highest BCUT2D eigenvalue weighted by atomic mass is 16.5.